The van der Waals surface area contributed by atoms with Crippen LogP contribution in [0.5, 0.6) is 0 Å². The highest BCUT2D eigenvalue weighted by Crippen LogP contribution is 2.38. The fraction of sp³-hybridized carbons (Fsp3) is 0.789. The van der Waals surface area contributed by atoms with Gasteiger partial charge in [0.25, 0.3) is 0 Å². The van der Waals surface area contributed by atoms with Crippen LogP contribution >= 0.6 is 0 Å². The first kappa shape index (κ1) is 23.0. The van der Waals surface area contributed by atoms with E-state index in [0.29, 0.717) is 19.3 Å². The largest absolute Gasteiger partial charge is 0.480 e. The molecule has 1 heterocycles. The van der Waals surface area contributed by atoms with Gasteiger partial charge in [0, 0.05) is 16.6 Å². The Bertz CT molecular complexity index is 611. The van der Waals surface area contributed by atoms with E-state index in [1.54, 1.807) is 6.92 Å². The number of esters is 1. The number of rotatable bonds is 4. The van der Waals surface area contributed by atoms with E-state index in [1.165, 1.54) is 0 Å². The van der Waals surface area contributed by atoms with Crippen molar-refractivity contribution in [1.82, 2.24) is 0 Å². The van der Waals surface area contributed by atoms with Gasteiger partial charge in [-0.2, -0.15) is 0 Å². The Morgan fingerprint density at radius 2 is 2.11 bits per heavy atom. The number of hydrogen-bond donors (Lipinski definition) is 4. The third-order valence-electron chi connectivity index (χ3n) is 5.52. The minimum atomic E-state index is -1.85. The topological polar surface area (TPSA) is 147 Å². The van der Waals surface area contributed by atoms with Crippen LogP contribution in [0.25, 0.3) is 0 Å². The lowest BCUT2D eigenvalue weighted by molar-refractivity contribution is -0.149. The van der Waals surface area contributed by atoms with Crippen molar-refractivity contribution in [2.75, 3.05) is 5.75 Å². The molecule has 0 radical (unpaired) electrons. The van der Waals surface area contributed by atoms with E-state index in [4.69, 9.17) is 15.6 Å². The van der Waals surface area contributed by atoms with Crippen LogP contribution in [0.1, 0.15) is 45.4 Å². The zero-order chi connectivity index (χ0) is 20.8. The fourth-order valence-electron chi connectivity index (χ4n) is 3.99. The lowest BCUT2D eigenvalue weighted by Gasteiger charge is -2.29. The number of carboxylic acid groups (broad SMARTS) is 1. The summed E-state index contributed by atoms with van der Waals surface area (Å²) in [7, 11) is -1.85. The highest BCUT2D eigenvalue weighted by molar-refractivity contribution is 7.85. The summed E-state index contributed by atoms with van der Waals surface area (Å²) < 4.78 is 18.2. The summed E-state index contributed by atoms with van der Waals surface area (Å²) in [5, 5.41) is 29.1. The van der Waals surface area contributed by atoms with E-state index in [-0.39, 0.29) is 30.1 Å². The molecule has 2 aliphatic rings. The Hall–Kier alpha value is -1.29. The number of carbonyl (C=O) groups is 2. The lowest BCUT2D eigenvalue weighted by atomic mass is 9.87. The fourth-order valence-corrected chi connectivity index (χ4v) is 5.57. The standard InChI is InChI=1S/C19H31NO7S/c1-11-5-3-2-4-6-12-7-13(21)8-14(12)18(23)16(9-17(22)27-11)28(26)10-15(20)19(24)25/h4,6,11-16,18,21,23H,2-3,5,7-10,20H2,1H3,(H,24,25)/b6-4+/t11-,12+,13-,14+,15+,16+,18+,28?/m0/s1. The Balaban J connectivity index is 2.27. The number of hydrogen-bond acceptors (Lipinski definition) is 7. The SMILES string of the molecule is C[C@H]1CCC/C=C/[C@@H]2C[C@H](O)C[C@H]2[C@@H](O)[C@H](S(=O)C[C@@H](N)C(=O)O)CC(=O)O1. The van der Waals surface area contributed by atoms with Crippen LogP contribution in [0.2, 0.25) is 0 Å². The Morgan fingerprint density at radius 3 is 2.79 bits per heavy atom. The summed E-state index contributed by atoms with van der Waals surface area (Å²) in [6.07, 6.45) is 4.86. The van der Waals surface area contributed by atoms with E-state index in [0.717, 1.165) is 12.8 Å². The highest BCUT2D eigenvalue weighted by Gasteiger charge is 2.42. The van der Waals surface area contributed by atoms with Gasteiger partial charge in [-0.15, -0.1) is 0 Å². The van der Waals surface area contributed by atoms with Crippen LogP contribution < -0.4 is 5.73 Å². The summed E-state index contributed by atoms with van der Waals surface area (Å²) in [5.74, 6) is -2.69. The second kappa shape index (κ2) is 10.5. The molecule has 1 saturated carbocycles. The summed E-state index contributed by atoms with van der Waals surface area (Å²) >= 11 is 0. The summed E-state index contributed by atoms with van der Waals surface area (Å²) in [6, 6.07) is -1.35. The van der Waals surface area contributed by atoms with Crippen LogP contribution in [-0.2, 0) is 25.1 Å². The number of ether oxygens (including phenoxy) is 1. The molecule has 0 saturated heterocycles. The maximum Gasteiger partial charge on any atom is 0.321 e. The van der Waals surface area contributed by atoms with Crippen LogP contribution in [0.15, 0.2) is 12.2 Å². The molecule has 0 amide bonds. The minimum absolute atomic E-state index is 0.0909. The molecule has 0 aromatic rings. The molecule has 0 bridgehead atoms. The number of cyclic esters (lactones) is 1. The smallest absolute Gasteiger partial charge is 0.321 e. The number of aliphatic hydroxyl groups excluding tert-OH is 2. The van der Waals surface area contributed by atoms with Crippen molar-refractivity contribution in [2.24, 2.45) is 17.6 Å². The van der Waals surface area contributed by atoms with Gasteiger partial charge < -0.3 is 25.8 Å². The molecule has 0 aromatic carbocycles. The van der Waals surface area contributed by atoms with Gasteiger partial charge in [0.15, 0.2) is 0 Å². The molecule has 1 unspecified atom stereocenters. The predicted octanol–water partition coefficient (Wildman–Crippen LogP) is 0.326. The van der Waals surface area contributed by atoms with E-state index in [2.05, 4.69) is 0 Å². The van der Waals surface area contributed by atoms with Crippen molar-refractivity contribution in [3.8, 4) is 0 Å². The first-order chi connectivity index (χ1) is 13.2. The zero-order valence-corrected chi connectivity index (χ0v) is 16.9. The number of carboxylic acids is 1. The normalized spacial score (nSPS) is 38.1. The molecule has 2 rings (SSSR count). The molecule has 1 fully saturated rings. The third-order valence-corrected chi connectivity index (χ3v) is 7.33. The van der Waals surface area contributed by atoms with Crippen LogP contribution in [0.3, 0.4) is 0 Å². The van der Waals surface area contributed by atoms with Gasteiger partial charge in [-0.25, -0.2) is 0 Å². The van der Waals surface area contributed by atoms with Crippen molar-refractivity contribution in [2.45, 2.75) is 75.1 Å². The van der Waals surface area contributed by atoms with Gasteiger partial charge in [0.1, 0.15) is 6.04 Å². The highest BCUT2D eigenvalue weighted by atomic mass is 32.2. The quantitative estimate of drug-likeness (QED) is 0.378. The summed E-state index contributed by atoms with van der Waals surface area (Å²) in [5.41, 5.74) is 5.51. The second-order valence-electron chi connectivity index (χ2n) is 7.84. The molecule has 0 spiro atoms. The van der Waals surface area contributed by atoms with Gasteiger partial charge in [-0.05, 0) is 50.9 Å². The molecule has 8 nitrogen and oxygen atoms in total. The number of carbonyl (C=O) groups excluding carboxylic acids is 1. The molecule has 28 heavy (non-hydrogen) atoms. The average Bonchev–Trinajstić information content (AvgIpc) is 2.98. The van der Waals surface area contributed by atoms with Crippen molar-refractivity contribution < 1.29 is 33.9 Å². The van der Waals surface area contributed by atoms with Crippen LogP contribution in [0.4, 0.5) is 0 Å². The molecule has 8 atom stereocenters. The van der Waals surface area contributed by atoms with E-state index >= 15 is 0 Å². The van der Waals surface area contributed by atoms with E-state index in [9.17, 15) is 24.0 Å². The molecule has 0 aromatic heterocycles. The minimum Gasteiger partial charge on any atom is -0.480 e. The number of allylic oxidation sites excluding steroid dienone is 2. The van der Waals surface area contributed by atoms with Crippen molar-refractivity contribution in [3.05, 3.63) is 12.2 Å². The van der Waals surface area contributed by atoms with Gasteiger partial charge in [-0.3, -0.25) is 13.8 Å². The first-order valence-electron chi connectivity index (χ1n) is 9.76. The lowest BCUT2D eigenvalue weighted by Crippen LogP contribution is -2.45. The number of aliphatic hydroxyl groups is 2. The molecule has 9 heteroatoms. The number of fused-ring (bicyclic) bond motifs is 1. The maximum atomic E-state index is 12.8. The van der Waals surface area contributed by atoms with Gasteiger partial charge in [0.2, 0.25) is 0 Å². The Labute approximate surface area is 167 Å². The first-order valence-corrected chi connectivity index (χ1v) is 11.1. The van der Waals surface area contributed by atoms with Gasteiger partial charge in [-0.1, -0.05) is 12.2 Å². The van der Waals surface area contributed by atoms with Crippen LogP contribution in [-0.4, -0.2) is 66.8 Å². The van der Waals surface area contributed by atoms with E-state index in [1.807, 2.05) is 12.2 Å². The van der Waals surface area contributed by atoms with E-state index < -0.39 is 46.2 Å². The Kier molecular flexibility index (Phi) is 8.60. The summed E-state index contributed by atoms with van der Waals surface area (Å²) in [4.78, 5) is 23.4. The van der Waals surface area contributed by atoms with Gasteiger partial charge in [0.05, 0.1) is 30.0 Å². The van der Waals surface area contributed by atoms with Gasteiger partial charge >= 0.3 is 11.9 Å². The monoisotopic (exact) mass is 417 g/mol. The van der Waals surface area contributed by atoms with Crippen LogP contribution in [0, 0.1) is 11.8 Å². The number of nitrogens with two attached hydrogens (primary N) is 1. The molecular formula is C19H31NO7S. The van der Waals surface area contributed by atoms with Crippen molar-refractivity contribution in [3.63, 3.8) is 0 Å². The third kappa shape index (κ3) is 6.37. The zero-order valence-electron chi connectivity index (χ0n) is 16.1. The average molecular weight is 418 g/mol. The second-order valence-corrected chi connectivity index (χ2v) is 9.54. The number of aliphatic carboxylic acids is 1. The molecule has 160 valence electrons. The van der Waals surface area contributed by atoms with Crippen molar-refractivity contribution in [1.29, 1.82) is 0 Å². The Morgan fingerprint density at radius 1 is 1.39 bits per heavy atom. The van der Waals surface area contributed by atoms with Crippen molar-refractivity contribution >= 4 is 22.7 Å². The molecule has 1 aliphatic carbocycles. The maximum absolute atomic E-state index is 12.8. The predicted molar refractivity (Wildman–Crippen MR) is 104 cm³/mol. The summed E-state index contributed by atoms with van der Waals surface area (Å²) in [6.45, 7) is 1.79. The molecule has 5 N–H and O–H groups in total. The molecular weight excluding hydrogens is 386 g/mol. The molecule has 1 aliphatic heterocycles.